The summed E-state index contributed by atoms with van der Waals surface area (Å²) in [6.07, 6.45) is 3.22. The molecule has 8 rings (SSSR count). The van der Waals surface area contributed by atoms with Crippen LogP contribution in [0.2, 0.25) is 0 Å². The van der Waals surface area contributed by atoms with E-state index < -0.39 is 4.92 Å². The Morgan fingerprint density at radius 1 is 0.855 bits per heavy atom. The number of carbonyl (C=O) groups is 2. The fourth-order valence-corrected chi connectivity index (χ4v) is 7.44. The predicted molar refractivity (Wildman–Crippen MR) is 208 cm³/mol. The maximum atomic E-state index is 13.8. The highest BCUT2D eigenvalue weighted by Crippen LogP contribution is 2.42. The molecule has 0 saturated heterocycles. The third-order valence-corrected chi connectivity index (χ3v) is 10.1. The van der Waals surface area contributed by atoms with Crippen LogP contribution in [0.1, 0.15) is 43.0 Å². The summed E-state index contributed by atoms with van der Waals surface area (Å²) in [6, 6.07) is 26.7. The van der Waals surface area contributed by atoms with Crippen LogP contribution >= 0.6 is 0 Å². The molecule has 5 aromatic rings. The molecule has 3 heterocycles. The maximum absolute atomic E-state index is 13.8. The third-order valence-electron chi connectivity index (χ3n) is 10.1. The summed E-state index contributed by atoms with van der Waals surface area (Å²) in [4.78, 5) is 47.3. The van der Waals surface area contributed by atoms with Gasteiger partial charge >= 0.3 is 0 Å². The summed E-state index contributed by atoms with van der Waals surface area (Å²) in [5.41, 5.74) is 6.62. The first-order valence-electron chi connectivity index (χ1n) is 17.8. The van der Waals surface area contributed by atoms with Gasteiger partial charge in [-0.05, 0) is 59.0 Å². The average molecular weight is 740 g/mol. The fourth-order valence-electron chi connectivity index (χ4n) is 7.44. The second kappa shape index (κ2) is 14.5. The van der Waals surface area contributed by atoms with Crippen LogP contribution in [0.4, 0.5) is 28.4 Å². The van der Waals surface area contributed by atoms with Crippen LogP contribution in [-0.4, -0.2) is 56.8 Å². The minimum Gasteiger partial charge on any atom is -0.493 e. The molecule has 13 heteroatoms. The number of methoxy groups -OCH3 is 2. The number of hydrogen-bond donors (Lipinski definition) is 1. The Bertz CT molecular complexity index is 2390. The van der Waals surface area contributed by atoms with Crippen molar-refractivity contribution in [1.29, 1.82) is 0 Å². The van der Waals surface area contributed by atoms with Gasteiger partial charge in [0.15, 0.2) is 23.0 Å². The Labute approximate surface area is 316 Å². The molecular weight excluding hydrogens is 702 g/mol. The highest BCUT2D eigenvalue weighted by molar-refractivity contribution is 6.15. The molecule has 13 nitrogen and oxygen atoms in total. The van der Waals surface area contributed by atoms with Gasteiger partial charge in [-0.2, -0.15) is 0 Å². The number of amides is 2. The second-order valence-corrected chi connectivity index (χ2v) is 13.4. The van der Waals surface area contributed by atoms with Crippen LogP contribution in [-0.2, 0) is 26.1 Å². The lowest BCUT2D eigenvalue weighted by atomic mass is 10.1. The van der Waals surface area contributed by atoms with Crippen molar-refractivity contribution >= 4 is 46.5 Å². The van der Waals surface area contributed by atoms with Crippen LogP contribution in [0, 0.1) is 10.1 Å². The van der Waals surface area contributed by atoms with Crippen molar-refractivity contribution in [2.45, 2.75) is 32.1 Å². The quantitative estimate of drug-likeness (QED) is 0.109. The first-order valence-corrected chi connectivity index (χ1v) is 17.8. The van der Waals surface area contributed by atoms with Crippen molar-refractivity contribution in [3.05, 3.63) is 134 Å². The molecule has 55 heavy (non-hydrogen) atoms. The number of carbonyl (C=O) groups excluding carboxylic acids is 2. The number of hydrogen-bond acceptors (Lipinski definition) is 10. The largest absolute Gasteiger partial charge is 0.493 e. The Hall–Kier alpha value is -6.89. The van der Waals surface area contributed by atoms with Crippen molar-refractivity contribution < 1.29 is 33.5 Å². The molecule has 0 aromatic heterocycles. The van der Waals surface area contributed by atoms with Gasteiger partial charge in [-0.3, -0.25) is 29.6 Å². The monoisotopic (exact) mass is 739 g/mol. The summed E-state index contributed by atoms with van der Waals surface area (Å²) in [5, 5.41) is 15.1. The van der Waals surface area contributed by atoms with Crippen molar-refractivity contribution in [2.24, 2.45) is 4.99 Å². The van der Waals surface area contributed by atoms with E-state index >= 15 is 0 Å². The van der Waals surface area contributed by atoms with E-state index in [2.05, 4.69) is 10.3 Å². The SMILES string of the molecule is CNc1cc(OCc2cc(COc3cc4c(cc3OC)C(=O)N3c5ccccc5CC3C=N4)cc([N+](=O)[O-])c2)c(OC)cc1C(=O)N1CCc2ccccc21. The first-order chi connectivity index (χ1) is 26.8. The standard InChI is InChI=1S/C42H37N5O8/c1-43-33-20-39(37(52-2)18-31(33)41(48)45-13-12-27-8-4-6-10-35(27)45)54-23-25-14-26(16-29(15-25)47(50)51)24-55-40-21-34-32(19-38(40)53-3)42(49)46-30(22-44-34)17-28-9-5-7-11-36(28)46/h4-11,14-16,18-22,30,43H,12-13,17,23-24H2,1-3H3. The Balaban J connectivity index is 1.01. The summed E-state index contributed by atoms with van der Waals surface area (Å²) in [7, 11) is 4.69. The molecule has 3 aliphatic heterocycles. The van der Waals surface area contributed by atoms with Gasteiger partial charge in [0.2, 0.25) is 0 Å². The molecule has 0 spiro atoms. The zero-order valence-electron chi connectivity index (χ0n) is 30.4. The van der Waals surface area contributed by atoms with Crippen molar-refractivity contribution in [2.75, 3.05) is 42.9 Å². The number of nitrogens with one attached hydrogen (secondary N) is 1. The van der Waals surface area contributed by atoms with E-state index in [0.29, 0.717) is 69.6 Å². The normalized spacial score (nSPS) is 15.0. The molecular formula is C42H37N5O8. The van der Waals surface area contributed by atoms with Gasteiger partial charge in [0.1, 0.15) is 13.2 Å². The number of nitro groups is 1. The number of non-ortho nitro benzene ring substituents is 1. The van der Waals surface area contributed by atoms with Gasteiger partial charge in [0.25, 0.3) is 17.5 Å². The Morgan fingerprint density at radius 3 is 2.20 bits per heavy atom. The molecule has 1 unspecified atom stereocenters. The zero-order valence-corrected chi connectivity index (χ0v) is 30.4. The fraction of sp³-hybridized carbons (Fsp3) is 0.214. The van der Waals surface area contributed by atoms with Gasteiger partial charge in [-0.25, -0.2) is 0 Å². The topological polar surface area (TPSA) is 145 Å². The van der Waals surface area contributed by atoms with Crippen LogP contribution in [0.25, 0.3) is 0 Å². The van der Waals surface area contributed by atoms with Crippen LogP contribution < -0.4 is 34.1 Å². The number of para-hydroxylation sites is 2. The number of nitro benzene ring substituents is 1. The zero-order chi connectivity index (χ0) is 38.2. The molecule has 2 amide bonds. The first kappa shape index (κ1) is 35.2. The van der Waals surface area contributed by atoms with E-state index in [0.717, 1.165) is 28.9 Å². The summed E-state index contributed by atoms with van der Waals surface area (Å²) >= 11 is 0. The number of aliphatic imine (C=N–C) groups is 1. The van der Waals surface area contributed by atoms with Crippen LogP contribution in [0.15, 0.2) is 96.0 Å². The number of fused-ring (bicyclic) bond motifs is 5. The third kappa shape index (κ3) is 6.54. The lowest BCUT2D eigenvalue weighted by molar-refractivity contribution is -0.385. The molecule has 5 aromatic carbocycles. The number of anilines is 3. The van der Waals surface area contributed by atoms with Crippen LogP contribution in [0.3, 0.4) is 0 Å². The van der Waals surface area contributed by atoms with Crippen molar-refractivity contribution in [1.82, 2.24) is 0 Å². The van der Waals surface area contributed by atoms with Crippen LogP contribution in [0.5, 0.6) is 23.0 Å². The van der Waals surface area contributed by atoms with E-state index in [-0.39, 0.29) is 36.8 Å². The van der Waals surface area contributed by atoms with E-state index in [1.165, 1.54) is 26.4 Å². The lowest BCUT2D eigenvalue weighted by Crippen LogP contribution is -2.37. The van der Waals surface area contributed by atoms with Gasteiger partial charge in [-0.1, -0.05) is 36.4 Å². The number of ether oxygens (including phenoxy) is 4. The van der Waals surface area contributed by atoms with E-state index in [4.69, 9.17) is 18.9 Å². The summed E-state index contributed by atoms with van der Waals surface area (Å²) < 4.78 is 23.6. The van der Waals surface area contributed by atoms with Crippen molar-refractivity contribution in [3.8, 4) is 23.0 Å². The Kier molecular flexibility index (Phi) is 9.27. The number of benzene rings is 5. The minimum absolute atomic E-state index is 0.0409. The predicted octanol–water partition coefficient (Wildman–Crippen LogP) is 7.30. The second-order valence-electron chi connectivity index (χ2n) is 13.4. The average Bonchev–Trinajstić information content (AvgIpc) is 3.78. The smallest absolute Gasteiger partial charge is 0.270 e. The minimum atomic E-state index is -0.475. The molecule has 278 valence electrons. The highest BCUT2D eigenvalue weighted by Gasteiger charge is 2.36. The van der Waals surface area contributed by atoms with Gasteiger partial charge < -0.3 is 29.2 Å². The summed E-state index contributed by atoms with van der Waals surface area (Å²) in [5.74, 6) is 0.985. The highest BCUT2D eigenvalue weighted by atomic mass is 16.6. The molecule has 0 saturated carbocycles. The summed E-state index contributed by atoms with van der Waals surface area (Å²) in [6.45, 7) is 0.482. The molecule has 1 atom stereocenters. The molecule has 1 N–H and O–H groups in total. The maximum Gasteiger partial charge on any atom is 0.270 e. The van der Waals surface area contributed by atoms with Gasteiger partial charge in [0, 0.05) is 61.9 Å². The Morgan fingerprint density at radius 2 is 1.51 bits per heavy atom. The van der Waals surface area contributed by atoms with Gasteiger partial charge in [0.05, 0.1) is 47.7 Å². The molecule has 0 fully saturated rings. The van der Waals surface area contributed by atoms with Crippen molar-refractivity contribution in [3.63, 3.8) is 0 Å². The van der Waals surface area contributed by atoms with E-state index in [9.17, 15) is 19.7 Å². The number of nitrogens with zero attached hydrogens (tertiary/aromatic N) is 4. The van der Waals surface area contributed by atoms with Gasteiger partial charge in [-0.15, -0.1) is 0 Å². The molecule has 3 aliphatic rings. The molecule has 0 aliphatic carbocycles. The molecule has 0 bridgehead atoms. The van der Waals surface area contributed by atoms with E-state index in [1.54, 1.807) is 53.4 Å². The van der Waals surface area contributed by atoms with E-state index in [1.807, 2.05) is 48.5 Å². The lowest BCUT2D eigenvalue weighted by Gasteiger charge is -2.22. The number of rotatable bonds is 11. The molecule has 0 radical (unpaired) electrons.